The summed E-state index contributed by atoms with van der Waals surface area (Å²) >= 11 is 0. The Labute approximate surface area is 61.7 Å². The number of hydrogen-bond acceptors (Lipinski definition) is 2. The maximum atomic E-state index is 12.5. The highest BCUT2D eigenvalue weighted by Gasteiger charge is 2.07. The molecule has 1 aromatic carbocycles. The Morgan fingerprint density at radius 1 is 1.18 bits per heavy atom. The monoisotopic (exact) mass is 160 g/mol. The Balaban J connectivity index is 3.21. The Bertz CT molecular complexity index is 273. The molecule has 1 aromatic rings. The van der Waals surface area contributed by atoms with E-state index in [9.17, 15) is 8.78 Å². The fourth-order valence-corrected chi connectivity index (χ4v) is 0.702. The van der Waals surface area contributed by atoms with Crippen molar-refractivity contribution in [2.24, 2.45) is 0 Å². The van der Waals surface area contributed by atoms with E-state index in [1.807, 2.05) is 0 Å². The third-order valence-electron chi connectivity index (χ3n) is 1.29. The number of aliphatic hydroxyl groups is 1. The molecule has 0 saturated carbocycles. The predicted octanol–water partition coefficient (Wildman–Crippen LogP) is 1.16. The molecular weight excluding hydrogens is 154 g/mol. The highest BCUT2D eigenvalue weighted by atomic mass is 19.1. The SMILES string of the molecule is OCc1cc(O)c(F)cc1F. The molecule has 0 aliphatic heterocycles. The average Bonchev–Trinajstić information content (AvgIpc) is 1.97. The maximum Gasteiger partial charge on any atom is 0.167 e. The van der Waals surface area contributed by atoms with Crippen molar-refractivity contribution in [2.45, 2.75) is 6.61 Å². The molecule has 0 atom stereocenters. The molecule has 0 bridgehead atoms. The first kappa shape index (κ1) is 7.94. The summed E-state index contributed by atoms with van der Waals surface area (Å²) < 4.78 is 24.8. The van der Waals surface area contributed by atoms with Gasteiger partial charge in [-0.15, -0.1) is 0 Å². The largest absolute Gasteiger partial charge is 0.505 e. The van der Waals surface area contributed by atoms with Crippen LogP contribution in [0.1, 0.15) is 5.56 Å². The molecule has 0 radical (unpaired) electrons. The van der Waals surface area contributed by atoms with Gasteiger partial charge in [0.2, 0.25) is 0 Å². The summed E-state index contributed by atoms with van der Waals surface area (Å²) in [6, 6.07) is 1.38. The van der Waals surface area contributed by atoms with Gasteiger partial charge in [-0.25, -0.2) is 8.78 Å². The van der Waals surface area contributed by atoms with Crippen LogP contribution in [0, 0.1) is 11.6 Å². The van der Waals surface area contributed by atoms with E-state index in [0.29, 0.717) is 6.07 Å². The topological polar surface area (TPSA) is 40.5 Å². The van der Waals surface area contributed by atoms with Gasteiger partial charge >= 0.3 is 0 Å². The zero-order valence-corrected chi connectivity index (χ0v) is 5.51. The molecule has 0 amide bonds. The van der Waals surface area contributed by atoms with E-state index >= 15 is 0 Å². The molecule has 0 spiro atoms. The van der Waals surface area contributed by atoms with E-state index in [2.05, 4.69) is 0 Å². The predicted molar refractivity (Wildman–Crippen MR) is 33.9 cm³/mol. The minimum atomic E-state index is -1.03. The molecule has 0 saturated heterocycles. The first-order chi connectivity index (χ1) is 5.15. The number of benzene rings is 1. The summed E-state index contributed by atoms with van der Waals surface area (Å²) in [6.45, 7) is -0.556. The van der Waals surface area contributed by atoms with E-state index in [1.165, 1.54) is 0 Å². The summed E-state index contributed by atoms with van der Waals surface area (Å²) in [6.07, 6.45) is 0. The molecule has 11 heavy (non-hydrogen) atoms. The zero-order valence-electron chi connectivity index (χ0n) is 5.51. The number of halogens is 2. The van der Waals surface area contributed by atoms with Crippen LogP contribution < -0.4 is 0 Å². The highest BCUT2D eigenvalue weighted by Crippen LogP contribution is 2.19. The second-order valence-electron chi connectivity index (χ2n) is 2.05. The second kappa shape index (κ2) is 2.84. The summed E-state index contributed by atoms with van der Waals surface area (Å²) in [5.41, 5.74) is -0.121. The zero-order chi connectivity index (χ0) is 8.43. The van der Waals surface area contributed by atoms with E-state index < -0.39 is 24.0 Å². The highest BCUT2D eigenvalue weighted by molar-refractivity contribution is 5.29. The van der Waals surface area contributed by atoms with E-state index in [0.717, 1.165) is 6.07 Å². The fraction of sp³-hybridized carbons (Fsp3) is 0.143. The Kier molecular flexibility index (Phi) is 2.05. The smallest absolute Gasteiger partial charge is 0.167 e. The number of hydrogen-bond donors (Lipinski definition) is 2. The third-order valence-corrected chi connectivity index (χ3v) is 1.29. The molecule has 4 heteroatoms. The molecule has 0 aromatic heterocycles. The van der Waals surface area contributed by atoms with Gasteiger partial charge in [0.15, 0.2) is 11.6 Å². The van der Waals surface area contributed by atoms with Crippen molar-refractivity contribution < 1.29 is 19.0 Å². The second-order valence-corrected chi connectivity index (χ2v) is 2.05. The number of phenolic OH excluding ortho intramolecular Hbond substituents is 1. The molecule has 1 rings (SSSR count). The van der Waals surface area contributed by atoms with Crippen molar-refractivity contribution in [1.82, 2.24) is 0 Å². The first-order valence-corrected chi connectivity index (χ1v) is 2.93. The Morgan fingerprint density at radius 3 is 2.36 bits per heavy atom. The van der Waals surface area contributed by atoms with Crippen LogP contribution in [0.25, 0.3) is 0 Å². The van der Waals surface area contributed by atoms with E-state index in [-0.39, 0.29) is 5.56 Å². The van der Waals surface area contributed by atoms with Gasteiger partial charge in [-0.05, 0) is 6.07 Å². The van der Waals surface area contributed by atoms with Crippen LogP contribution in [0.15, 0.2) is 12.1 Å². The number of rotatable bonds is 1. The van der Waals surface area contributed by atoms with Crippen molar-refractivity contribution in [1.29, 1.82) is 0 Å². The molecule has 0 aliphatic carbocycles. The van der Waals surface area contributed by atoms with Gasteiger partial charge in [0.1, 0.15) is 5.82 Å². The van der Waals surface area contributed by atoms with Gasteiger partial charge in [0, 0.05) is 11.6 Å². The van der Waals surface area contributed by atoms with Gasteiger partial charge in [-0.2, -0.15) is 0 Å². The normalized spacial score (nSPS) is 10.1. The van der Waals surface area contributed by atoms with Crippen molar-refractivity contribution in [3.8, 4) is 5.75 Å². The summed E-state index contributed by atoms with van der Waals surface area (Å²) in [5.74, 6) is -2.54. The van der Waals surface area contributed by atoms with Crippen LogP contribution in [0.5, 0.6) is 5.75 Å². The molecule has 60 valence electrons. The van der Waals surface area contributed by atoms with Crippen molar-refractivity contribution in [2.75, 3.05) is 0 Å². The maximum absolute atomic E-state index is 12.5. The van der Waals surface area contributed by atoms with Gasteiger partial charge in [-0.3, -0.25) is 0 Å². The first-order valence-electron chi connectivity index (χ1n) is 2.93. The average molecular weight is 160 g/mol. The Hall–Kier alpha value is -1.16. The van der Waals surface area contributed by atoms with Gasteiger partial charge < -0.3 is 10.2 Å². The molecule has 0 fully saturated rings. The summed E-state index contributed by atoms with van der Waals surface area (Å²) in [5, 5.41) is 17.2. The lowest BCUT2D eigenvalue weighted by Crippen LogP contribution is -1.90. The minimum absolute atomic E-state index is 0.121. The molecule has 2 N–H and O–H groups in total. The molecular formula is C7H6F2O2. The van der Waals surface area contributed by atoms with Crippen LogP contribution in [0.3, 0.4) is 0 Å². The fourth-order valence-electron chi connectivity index (χ4n) is 0.702. The van der Waals surface area contributed by atoms with Crippen LogP contribution in [-0.4, -0.2) is 10.2 Å². The summed E-state index contributed by atoms with van der Waals surface area (Å²) in [4.78, 5) is 0. The molecule has 0 heterocycles. The Morgan fingerprint density at radius 2 is 1.82 bits per heavy atom. The lowest BCUT2D eigenvalue weighted by Gasteiger charge is -2.00. The molecule has 2 nitrogen and oxygen atoms in total. The quantitative estimate of drug-likeness (QED) is 0.647. The van der Waals surface area contributed by atoms with Crippen LogP contribution >= 0.6 is 0 Å². The van der Waals surface area contributed by atoms with Gasteiger partial charge in [-0.1, -0.05) is 0 Å². The third kappa shape index (κ3) is 1.46. The van der Waals surface area contributed by atoms with Crippen LogP contribution in [-0.2, 0) is 6.61 Å². The number of aromatic hydroxyl groups is 1. The van der Waals surface area contributed by atoms with E-state index in [4.69, 9.17) is 10.2 Å². The standard InChI is InChI=1S/C7H6F2O2/c8-5-2-6(9)7(11)1-4(5)3-10/h1-2,10-11H,3H2. The van der Waals surface area contributed by atoms with Crippen LogP contribution in [0.4, 0.5) is 8.78 Å². The van der Waals surface area contributed by atoms with Gasteiger partial charge in [0.05, 0.1) is 6.61 Å². The number of aliphatic hydroxyl groups excluding tert-OH is 1. The lowest BCUT2D eigenvalue weighted by molar-refractivity contribution is 0.274. The lowest BCUT2D eigenvalue weighted by atomic mass is 10.2. The molecule has 0 unspecified atom stereocenters. The summed E-state index contributed by atoms with van der Waals surface area (Å²) in [7, 11) is 0. The van der Waals surface area contributed by atoms with Gasteiger partial charge in [0.25, 0.3) is 0 Å². The van der Waals surface area contributed by atoms with E-state index in [1.54, 1.807) is 0 Å². The number of phenols is 1. The van der Waals surface area contributed by atoms with Crippen molar-refractivity contribution >= 4 is 0 Å². The minimum Gasteiger partial charge on any atom is -0.505 e. The molecule has 0 aliphatic rings. The van der Waals surface area contributed by atoms with Crippen molar-refractivity contribution in [3.05, 3.63) is 29.3 Å². The van der Waals surface area contributed by atoms with Crippen molar-refractivity contribution in [3.63, 3.8) is 0 Å². The van der Waals surface area contributed by atoms with Crippen LogP contribution in [0.2, 0.25) is 0 Å².